The van der Waals surface area contributed by atoms with E-state index in [1.807, 2.05) is 41.9 Å². The monoisotopic (exact) mass is 480 g/mol. The largest absolute Gasteiger partial charge is 0.350 e. The quantitative estimate of drug-likeness (QED) is 0.204. The third kappa shape index (κ3) is 5.60. The molecule has 0 aliphatic heterocycles. The molecule has 0 saturated carbocycles. The number of nitro groups is 1. The molecular formula is C23H20N4O4S2. The summed E-state index contributed by atoms with van der Waals surface area (Å²) in [4.78, 5) is 36.5. The second kappa shape index (κ2) is 10.3. The van der Waals surface area contributed by atoms with E-state index in [-0.39, 0.29) is 23.3 Å². The smallest absolute Gasteiger partial charge is 0.269 e. The lowest BCUT2D eigenvalue weighted by Crippen LogP contribution is -2.26. The van der Waals surface area contributed by atoms with Gasteiger partial charge in [0.05, 0.1) is 15.6 Å². The van der Waals surface area contributed by atoms with Gasteiger partial charge in [-0.25, -0.2) is 0 Å². The molecule has 0 aliphatic carbocycles. The van der Waals surface area contributed by atoms with Gasteiger partial charge >= 0.3 is 0 Å². The standard InChI is InChI=1S/C23H20N4O4S2/c28-22(25-16-7-9-17(10-8-16)27(30)31)15-33-21-14-26(19-5-2-1-4-18(19)21)12-11-24-23(29)20-6-3-13-32-20/h1-10,13-14H,11-12,15H2,(H,24,29)(H,25,28). The van der Waals surface area contributed by atoms with Crippen LogP contribution in [-0.4, -0.2) is 33.6 Å². The van der Waals surface area contributed by atoms with E-state index in [0.717, 1.165) is 15.8 Å². The average molecular weight is 481 g/mol. The van der Waals surface area contributed by atoms with Crippen molar-refractivity contribution < 1.29 is 14.5 Å². The molecule has 2 aromatic carbocycles. The minimum Gasteiger partial charge on any atom is -0.350 e. The molecule has 2 heterocycles. The zero-order valence-corrected chi connectivity index (χ0v) is 19.0. The van der Waals surface area contributed by atoms with E-state index < -0.39 is 4.92 Å². The fraction of sp³-hybridized carbons (Fsp3) is 0.130. The van der Waals surface area contributed by atoms with E-state index in [1.54, 1.807) is 6.07 Å². The zero-order chi connectivity index (χ0) is 23.2. The summed E-state index contributed by atoms with van der Waals surface area (Å²) in [6.45, 7) is 1.09. The number of carbonyl (C=O) groups is 2. The number of nitro benzene ring substituents is 1. The van der Waals surface area contributed by atoms with Crippen molar-refractivity contribution in [3.8, 4) is 0 Å². The number of para-hydroxylation sites is 1. The third-order valence-corrected chi connectivity index (χ3v) is 6.77. The topological polar surface area (TPSA) is 106 Å². The Morgan fingerprint density at radius 1 is 1.06 bits per heavy atom. The third-order valence-electron chi connectivity index (χ3n) is 4.86. The summed E-state index contributed by atoms with van der Waals surface area (Å²) in [5.74, 6) is -0.0898. The number of thiophene rings is 1. The molecule has 2 amide bonds. The molecule has 0 atom stereocenters. The molecule has 2 N–H and O–H groups in total. The van der Waals surface area contributed by atoms with Crippen LogP contribution in [-0.2, 0) is 11.3 Å². The molecule has 0 aliphatic rings. The van der Waals surface area contributed by atoms with Crippen molar-refractivity contribution in [2.75, 3.05) is 17.6 Å². The lowest BCUT2D eigenvalue weighted by molar-refractivity contribution is -0.384. The van der Waals surface area contributed by atoms with E-state index in [2.05, 4.69) is 15.2 Å². The molecular weight excluding hydrogens is 460 g/mol. The first-order valence-corrected chi connectivity index (χ1v) is 11.9. The van der Waals surface area contributed by atoms with E-state index >= 15 is 0 Å². The van der Waals surface area contributed by atoms with Crippen LogP contribution in [0.5, 0.6) is 0 Å². The van der Waals surface area contributed by atoms with Crippen molar-refractivity contribution in [1.82, 2.24) is 9.88 Å². The van der Waals surface area contributed by atoms with E-state index in [1.165, 1.54) is 47.4 Å². The second-order valence-electron chi connectivity index (χ2n) is 7.08. The summed E-state index contributed by atoms with van der Waals surface area (Å²) < 4.78 is 2.07. The van der Waals surface area contributed by atoms with E-state index in [9.17, 15) is 19.7 Å². The van der Waals surface area contributed by atoms with Gasteiger partial charge in [0.15, 0.2) is 0 Å². The van der Waals surface area contributed by atoms with Crippen LogP contribution in [0.3, 0.4) is 0 Å². The van der Waals surface area contributed by atoms with Crippen LogP contribution in [0.15, 0.2) is 77.1 Å². The molecule has 33 heavy (non-hydrogen) atoms. The van der Waals surface area contributed by atoms with Crippen molar-refractivity contribution in [2.24, 2.45) is 0 Å². The molecule has 0 bridgehead atoms. The van der Waals surface area contributed by atoms with E-state index in [0.29, 0.717) is 23.7 Å². The van der Waals surface area contributed by atoms with Crippen LogP contribution in [0, 0.1) is 10.1 Å². The van der Waals surface area contributed by atoms with Crippen LogP contribution in [0.4, 0.5) is 11.4 Å². The number of rotatable bonds is 9. The Labute approximate surface area is 197 Å². The van der Waals surface area contributed by atoms with Crippen LogP contribution < -0.4 is 10.6 Å². The SMILES string of the molecule is O=C(CSc1cn(CCNC(=O)c2cccs2)c2ccccc12)Nc1ccc([N+](=O)[O-])cc1. The zero-order valence-electron chi connectivity index (χ0n) is 17.4. The number of hydrogen-bond donors (Lipinski definition) is 2. The number of nitrogens with one attached hydrogen (secondary N) is 2. The molecule has 4 rings (SSSR count). The highest BCUT2D eigenvalue weighted by Crippen LogP contribution is 2.30. The van der Waals surface area contributed by atoms with Gasteiger partial charge in [0.1, 0.15) is 0 Å². The summed E-state index contributed by atoms with van der Waals surface area (Å²) in [7, 11) is 0. The van der Waals surface area contributed by atoms with Crippen LogP contribution in [0.1, 0.15) is 9.67 Å². The van der Waals surface area contributed by atoms with Gasteiger partial charge in [0.25, 0.3) is 11.6 Å². The highest BCUT2D eigenvalue weighted by Gasteiger charge is 2.12. The van der Waals surface area contributed by atoms with Gasteiger partial charge in [0, 0.05) is 52.9 Å². The fourth-order valence-corrected chi connectivity index (χ4v) is 4.83. The molecule has 0 radical (unpaired) electrons. The first-order valence-electron chi connectivity index (χ1n) is 10.1. The predicted octanol–water partition coefficient (Wildman–Crippen LogP) is 4.77. The summed E-state index contributed by atoms with van der Waals surface area (Å²) in [5, 5.41) is 19.3. The summed E-state index contributed by atoms with van der Waals surface area (Å²) >= 11 is 2.82. The Bertz CT molecular complexity index is 1280. The molecule has 0 saturated heterocycles. The molecule has 2 aromatic heterocycles. The highest BCUT2D eigenvalue weighted by molar-refractivity contribution is 8.00. The number of thioether (sulfide) groups is 1. The Hall–Kier alpha value is -3.63. The first-order chi connectivity index (χ1) is 16.0. The summed E-state index contributed by atoms with van der Waals surface area (Å²) in [6.07, 6.45) is 1.99. The lowest BCUT2D eigenvalue weighted by Gasteiger charge is -2.06. The van der Waals surface area contributed by atoms with E-state index in [4.69, 9.17) is 0 Å². The number of benzene rings is 2. The molecule has 0 spiro atoms. The van der Waals surface area contributed by atoms with Crippen LogP contribution in [0.2, 0.25) is 0 Å². The maximum absolute atomic E-state index is 12.4. The number of carbonyl (C=O) groups excluding carboxylic acids is 2. The number of hydrogen-bond acceptors (Lipinski definition) is 6. The number of anilines is 1. The predicted molar refractivity (Wildman–Crippen MR) is 131 cm³/mol. The fourth-order valence-electron chi connectivity index (χ4n) is 3.30. The van der Waals surface area contributed by atoms with Crippen molar-refractivity contribution in [3.05, 3.63) is 87.2 Å². The van der Waals surface area contributed by atoms with Gasteiger partial charge in [-0.15, -0.1) is 23.1 Å². The Morgan fingerprint density at radius 2 is 1.85 bits per heavy atom. The molecule has 8 nitrogen and oxygen atoms in total. The number of aromatic nitrogens is 1. The average Bonchev–Trinajstić information content (AvgIpc) is 3.47. The Kier molecular flexibility index (Phi) is 7.06. The van der Waals surface area contributed by atoms with Crippen molar-refractivity contribution in [3.63, 3.8) is 0 Å². The molecule has 0 unspecified atom stereocenters. The minimum absolute atomic E-state index is 0.0261. The van der Waals surface area contributed by atoms with Crippen LogP contribution >= 0.6 is 23.1 Å². The Balaban J connectivity index is 1.37. The maximum Gasteiger partial charge on any atom is 0.269 e. The molecule has 168 valence electrons. The normalized spacial score (nSPS) is 10.8. The number of non-ortho nitro benzene ring substituents is 1. The molecule has 4 aromatic rings. The first kappa shape index (κ1) is 22.6. The number of nitrogens with zero attached hydrogens (tertiary/aromatic N) is 2. The second-order valence-corrected chi connectivity index (χ2v) is 9.04. The van der Waals surface area contributed by atoms with Gasteiger partial charge in [0.2, 0.25) is 5.91 Å². The highest BCUT2D eigenvalue weighted by atomic mass is 32.2. The van der Waals surface area contributed by atoms with Gasteiger partial charge in [-0.3, -0.25) is 19.7 Å². The minimum atomic E-state index is -0.481. The summed E-state index contributed by atoms with van der Waals surface area (Å²) in [5.41, 5.74) is 1.51. The van der Waals surface area contributed by atoms with Gasteiger partial charge in [-0.05, 0) is 29.6 Å². The molecule has 0 fully saturated rings. The maximum atomic E-state index is 12.4. The summed E-state index contributed by atoms with van der Waals surface area (Å²) in [6, 6.07) is 17.3. The molecule has 10 heteroatoms. The van der Waals surface area contributed by atoms with Crippen LogP contribution in [0.25, 0.3) is 10.9 Å². The Morgan fingerprint density at radius 3 is 2.58 bits per heavy atom. The number of fused-ring (bicyclic) bond motifs is 1. The van der Waals surface area contributed by atoms with Gasteiger partial charge in [-0.2, -0.15) is 0 Å². The van der Waals surface area contributed by atoms with Gasteiger partial charge < -0.3 is 15.2 Å². The lowest BCUT2D eigenvalue weighted by atomic mass is 10.2. The van der Waals surface area contributed by atoms with Gasteiger partial charge in [-0.1, -0.05) is 24.3 Å². The van der Waals surface area contributed by atoms with Crippen molar-refractivity contribution in [1.29, 1.82) is 0 Å². The van der Waals surface area contributed by atoms with Crippen molar-refractivity contribution >= 4 is 57.2 Å². The van der Waals surface area contributed by atoms with Crippen molar-refractivity contribution in [2.45, 2.75) is 11.4 Å². The number of amides is 2.